The van der Waals surface area contributed by atoms with Crippen molar-refractivity contribution in [1.29, 1.82) is 0 Å². The Morgan fingerprint density at radius 2 is 2.17 bits per heavy atom. The Kier molecular flexibility index (Phi) is 4.87. The predicted molar refractivity (Wildman–Crippen MR) is 72.0 cm³/mol. The normalized spacial score (nSPS) is 35.1. The summed E-state index contributed by atoms with van der Waals surface area (Å²) in [4.78, 5) is 14.4. The van der Waals surface area contributed by atoms with Crippen LogP contribution >= 0.6 is 12.4 Å². The molecule has 5 heteroatoms. The number of hydrogen-bond acceptors (Lipinski definition) is 3. The molecule has 18 heavy (non-hydrogen) atoms. The van der Waals surface area contributed by atoms with E-state index in [9.17, 15) is 4.79 Å². The van der Waals surface area contributed by atoms with Crippen LogP contribution in [0.1, 0.15) is 38.5 Å². The molecule has 3 fully saturated rings. The summed E-state index contributed by atoms with van der Waals surface area (Å²) >= 11 is 0. The first-order valence-electron chi connectivity index (χ1n) is 6.99. The van der Waals surface area contributed by atoms with Crippen molar-refractivity contribution >= 4 is 18.3 Å². The lowest BCUT2D eigenvalue weighted by atomic mass is 10.1. The van der Waals surface area contributed by atoms with Crippen molar-refractivity contribution in [2.45, 2.75) is 56.7 Å². The Labute approximate surface area is 115 Å². The maximum atomic E-state index is 12.3. The number of carbonyl (C=O) groups is 1. The third kappa shape index (κ3) is 2.81. The van der Waals surface area contributed by atoms with Gasteiger partial charge in [0, 0.05) is 19.0 Å². The van der Waals surface area contributed by atoms with Crippen LogP contribution in [0.25, 0.3) is 0 Å². The molecule has 0 aromatic carbocycles. The summed E-state index contributed by atoms with van der Waals surface area (Å²) in [6, 6.07) is 0.794. The molecule has 104 valence electrons. The lowest BCUT2D eigenvalue weighted by Gasteiger charge is -2.38. The average Bonchev–Trinajstić information content (AvgIpc) is 2.97. The Morgan fingerprint density at radius 1 is 1.28 bits per heavy atom. The zero-order chi connectivity index (χ0) is 11.7. The molecule has 2 heterocycles. The summed E-state index contributed by atoms with van der Waals surface area (Å²) in [5.41, 5.74) is 0. The molecule has 1 N–H and O–H groups in total. The van der Waals surface area contributed by atoms with Crippen molar-refractivity contribution in [2.75, 3.05) is 19.7 Å². The fraction of sp³-hybridized carbons (Fsp3) is 0.923. The van der Waals surface area contributed by atoms with Crippen LogP contribution in [0.4, 0.5) is 0 Å². The van der Waals surface area contributed by atoms with E-state index in [-0.39, 0.29) is 12.4 Å². The second-order valence-corrected chi connectivity index (χ2v) is 5.49. The minimum atomic E-state index is 0. The highest BCUT2D eigenvalue weighted by Gasteiger charge is 2.38. The summed E-state index contributed by atoms with van der Waals surface area (Å²) in [7, 11) is 0. The molecular weight excluding hydrogens is 252 g/mol. The minimum absolute atomic E-state index is 0. The number of hydrogen-bond donors (Lipinski definition) is 1. The first-order valence-corrected chi connectivity index (χ1v) is 6.99. The number of nitrogens with one attached hydrogen (secondary N) is 1. The highest BCUT2D eigenvalue weighted by Crippen LogP contribution is 2.30. The fourth-order valence-electron chi connectivity index (χ4n) is 3.49. The maximum Gasteiger partial charge on any atom is 0.224 e. The van der Waals surface area contributed by atoms with E-state index < -0.39 is 0 Å². The summed E-state index contributed by atoms with van der Waals surface area (Å²) < 4.78 is 5.74. The molecule has 3 atom stereocenters. The Morgan fingerprint density at radius 3 is 2.94 bits per heavy atom. The van der Waals surface area contributed by atoms with E-state index in [0.29, 0.717) is 30.5 Å². The molecule has 0 aromatic rings. The zero-order valence-corrected chi connectivity index (χ0v) is 11.6. The number of ether oxygens (including phenoxy) is 1. The van der Waals surface area contributed by atoms with Crippen LogP contribution in [0, 0.1) is 0 Å². The molecule has 3 unspecified atom stereocenters. The molecule has 0 aromatic heterocycles. The van der Waals surface area contributed by atoms with E-state index in [1.54, 1.807) is 0 Å². The average molecular weight is 275 g/mol. The summed E-state index contributed by atoms with van der Waals surface area (Å²) in [5.74, 6) is 0.338. The SMILES string of the molecule is Cl.O=C(CC1CCCN1)N1CCOC2CCCC21. The number of nitrogens with zero attached hydrogens (tertiary/aromatic N) is 1. The van der Waals surface area contributed by atoms with Crippen LogP contribution in [-0.2, 0) is 9.53 Å². The monoisotopic (exact) mass is 274 g/mol. The molecule has 1 saturated carbocycles. The van der Waals surface area contributed by atoms with Gasteiger partial charge in [-0.2, -0.15) is 0 Å². The van der Waals surface area contributed by atoms with E-state index in [4.69, 9.17) is 4.74 Å². The Balaban J connectivity index is 0.00000120. The van der Waals surface area contributed by atoms with Gasteiger partial charge in [-0.1, -0.05) is 0 Å². The van der Waals surface area contributed by atoms with Gasteiger partial charge in [0.2, 0.25) is 5.91 Å². The minimum Gasteiger partial charge on any atom is -0.374 e. The molecule has 3 aliphatic rings. The topological polar surface area (TPSA) is 41.6 Å². The van der Waals surface area contributed by atoms with E-state index >= 15 is 0 Å². The van der Waals surface area contributed by atoms with Gasteiger partial charge in [-0.05, 0) is 38.6 Å². The zero-order valence-electron chi connectivity index (χ0n) is 10.8. The van der Waals surface area contributed by atoms with Gasteiger partial charge in [0.25, 0.3) is 0 Å². The third-order valence-corrected chi connectivity index (χ3v) is 4.39. The maximum absolute atomic E-state index is 12.3. The first kappa shape index (κ1) is 14.1. The summed E-state index contributed by atoms with van der Waals surface area (Å²) in [6.07, 6.45) is 6.86. The highest BCUT2D eigenvalue weighted by atomic mass is 35.5. The number of halogens is 1. The van der Waals surface area contributed by atoms with Gasteiger partial charge < -0.3 is 15.0 Å². The van der Waals surface area contributed by atoms with E-state index in [0.717, 1.165) is 39.0 Å². The Hall–Kier alpha value is -0.320. The smallest absolute Gasteiger partial charge is 0.224 e. The van der Waals surface area contributed by atoms with Crippen molar-refractivity contribution < 1.29 is 9.53 Å². The van der Waals surface area contributed by atoms with Crippen LogP contribution in [0.15, 0.2) is 0 Å². The van der Waals surface area contributed by atoms with Gasteiger partial charge in [-0.15, -0.1) is 12.4 Å². The molecule has 1 aliphatic carbocycles. The standard InChI is InChI=1S/C13H22N2O2.ClH/c16-13(9-10-3-2-6-14-10)15-7-8-17-12-5-1-4-11(12)15;/h10-12,14H,1-9H2;1H. The highest BCUT2D eigenvalue weighted by molar-refractivity contribution is 5.85. The van der Waals surface area contributed by atoms with Crippen LogP contribution in [0.3, 0.4) is 0 Å². The van der Waals surface area contributed by atoms with Crippen molar-refractivity contribution in [2.24, 2.45) is 0 Å². The molecule has 0 bridgehead atoms. The van der Waals surface area contributed by atoms with E-state index in [1.165, 1.54) is 12.8 Å². The fourth-order valence-corrected chi connectivity index (χ4v) is 3.49. The van der Waals surface area contributed by atoms with Gasteiger partial charge >= 0.3 is 0 Å². The number of morpholine rings is 1. The van der Waals surface area contributed by atoms with Gasteiger partial charge in [-0.25, -0.2) is 0 Å². The molecule has 4 nitrogen and oxygen atoms in total. The van der Waals surface area contributed by atoms with Crippen LogP contribution in [0.2, 0.25) is 0 Å². The molecule has 0 radical (unpaired) electrons. The largest absolute Gasteiger partial charge is 0.374 e. The van der Waals surface area contributed by atoms with E-state index in [1.807, 2.05) is 0 Å². The summed E-state index contributed by atoms with van der Waals surface area (Å²) in [5, 5.41) is 3.41. The number of carbonyl (C=O) groups excluding carboxylic acids is 1. The summed E-state index contributed by atoms with van der Waals surface area (Å²) in [6.45, 7) is 2.60. The number of amides is 1. The molecule has 0 spiro atoms. The van der Waals surface area contributed by atoms with Gasteiger partial charge in [-0.3, -0.25) is 4.79 Å². The van der Waals surface area contributed by atoms with Gasteiger partial charge in [0.05, 0.1) is 18.8 Å². The Bertz CT molecular complexity index is 295. The second-order valence-electron chi connectivity index (χ2n) is 5.49. The number of fused-ring (bicyclic) bond motifs is 1. The molecule has 1 amide bonds. The quantitative estimate of drug-likeness (QED) is 0.826. The third-order valence-electron chi connectivity index (χ3n) is 4.39. The second kappa shape index (κ2) is 6.22. The van der Waals surface area contributed by atoms with Crippen LogP contribution in [0.5, 0.6) is 0 Å². The van der Waals surface area contributed by atoms with Crippen LogP contribution < -0.4 is 5.32 Å². The van der Waals surface area contributed by atoms with Crippen molar-refractivity contribution in [1.82, 2.24) is 10.2 Å². The molecule has 3 rings (SSSR count). The van der Waals surface area contributed by atoms with E-state index in [2.05, 4.69) is 10.2 Å². The van der Waals surface area contributed by atoms with Crippen molar-refractivity contribution in [3.05, 3.63) is 0 Å². The number of rotatable bonds is 2. The van der Waals surface area contributed by atoms with Crippen LogP contribution in [-0.4, -0.2) is 48.7 Å². The lowest BCUT2D eigenvalue weighted by molar-refractivity contribution is -0.144. The van der Waals surface area contributed by atoms with Crippen molar-refractivity contribution in [3.63, 3.8) is 0 Å². The van der Waals surface area contributed by atoms with Crippen molar-refractivity contribution in [3.8, 4) is 0 Å². The van der Waals surface area contributed by atoms with Gasteiger partial charge in [0.1, 0.15) is 0 Å². The van der Waals surface area contributed by atoms with Gasteiger partial charge in [0.15, 0.2) is 0 Å². The predicted octanol–water partition coefficient (Wildman–Crippen LogP) is 1.33. The lowest BCUT2D eigenvalue weighted by Crippen LogP contribution is -2.52. The molecule has 2 aliphatic heterocycles. The molecule has 2 saturated heterocycles. The first-order chi connectivity index (χ1) is 8.34. The molecular formula is C13H23ClN2O2.